The molecule has 5 nitrogen and oxygen atoms in total. The van der Waals surface area contributed by atoms with Gasteiger partial charge in [0.15, 0.2) is 0 Å². The van der Waals surface area contributed by atoms with Crippen LogP contribution in [0.3, 0.4) is 0 Å². The third-order valence-corrected chi connectivity index (χ3v) is 0.975. The van der Waals surface area contributed by atoms with Crippen LogP contribution in [0, 0.1) is 0 Å². The van der Waals surface area contributed by atoms with Crippen molar-refractivity contribution in [2.24, 2.45) is 0 Å². The molecular formula is C5H3ClN2O3. The minimum Gasteiger partial charge on any atom is -0.449 e. The van der Waals surface area contributed by atoms with Crippen molar-refractivity contribution in [3.05, 3.63) is 17.5 Å². The summed E-state index contributed by atoms with van der Waals surface area (Å²) in [5, 5.41) is 8.08. The molecule has 0 aliphatic carbocycles. The molecule has 0 saturated heterocycles. The molecule has 0 radical (unpaired) electrons. The molecule has 58 valence electrons. The van der Waals surface area contributed by atoms with Crippen molar-refractivity contribution in [3.8, 4) is 5.88 Å². The molecule has 0 aliphatic rings. The Labute approximate surface area is 66.6 Å². The van der Waals surface area contributed by atoms with E-state index in [1.165, 1.54) is 12.3 Å². The number of halogens is 1. The summed E-state index contributed by atoms with van der Waals surface area (Å²) in [6, 6.07) is 1.29. The van der Waals surface area contributed by atoms with Gasteiger partial charge in [-0.05, 0) is 11.6 Å². The molecule has 0 aliphatic heterocycles. The van der Waals surface area contributed by atoms with Crippen molar-refractivity contribution in [1.82, 2.24) is 9.97 Å². The zero-order chi connectivity index (χ0) is 8.27. The first kappa shape index (κ1) is 7.74. The Morgan fingerprint density at radius 1 is 1.73 bits per heavy atom. The molecule has 0 spiro atoms. The van der Waals surface area contributed by atoms with E-state index in [2.05, 4.69) is 14.7 Å². The van der Waals surface area contributed by atoms with E-state index in [0.29, 0.717) is 0 Å². The largest absolute Gasteiger partial charge is 0.512 e. The van der Waals surface area contributed by atoms with Crippen LogP contribution >= 0.6 is 11.6 Å². The van der Waals surface area contributed by atoms with Gasteiger partial charge < -0.3 is 9.84 Å². The summed E-state index contributed by atoms with van der Waals surface area (Å²) in [6.07, 6.45) is -0.132. The predicted molar refractivity (Wildman–Crippen MR) is 35.7 cm³/mol. The molecule has 6 heteroatoms. The Morgan fingerprint density at radius 2 is 2.45 bits per heavy atom. The molecule has 0 saturated carbocycles. The Hall–Kier alpha value is -1.36. The maximum absolute atomic E-state index is 9.95. The highest BCUT2D eigenvalue weighted by Gasteiger charge is 2.01. The van der Waals surface area contributed by atoms with E-state index in [4.69, 9.17) is 16.7 Å². The predicted octanol–water partition coefficient (Wildman–Crippen LogP) is 1.19. The highest BCUT2D eigenvalue weighted by Crippen LogP contribution is 2.07. The lowest BCUT2D eigenvalue weighted by atomic mass is 10.6. The van der Waals surface area contributed by atoms with Crippen LogP contribution in [0.5, 0.6) is 5.88 Å². The van der Waals surface area contributed by atoms with E-state index in [9.17, 15) is 4.79 Å². The quantitative estimate of drug-likeness (QED) is 0.511. The normalized spacial score (nSPS) is 9.18. The number of hydrogen-bond donors (Lipinski definition) is 1. The summed E-state index contributed by atoms with van der Waals surface area (Å²) < 4.78 is 4.18. The molecule has 1 aromatic heterocycles. The van der Waals surface area contributed by atoms with Crippen LogP contribution in [-0.4, -0.2) is 21.2 Å². The number of ether oxygens (including phenoxy) is 1. The smallest absolute Gasteiger partial charge is 0.449 e. The fourth-order valence-corrected chi connectivity index (χ4v) is 0.606. The van der Waals surface area contributed by atoms with E-state index >= 15 is 0 Å². The van der Waals surface area contributed by atoms with Crippen LogP contribution in [0.2, 0.25) is 5.28 Å². The van der Waals surface area contributed by atoms with Gasteiger partial charge in [0.2, 0.25) is 11.2 Å². The van der Waals surface area contributed by atoms with Gasteiger partial charge >= 0.3 is 6.16 Å². The van der Waals surface area contributed by atoms with Gasteiger partial charge in [-0.15, -0.1) is 0 Å². The van der Waals surface area contributed by atoms with Crippen LogP contribution in [0.1, 0.15) is 0 Å². The topological polar surface area (TPSA) is 72.3 Å². The lowest BCUT2D eigenvalue weighted by molar-refractivity contribution is 0.142. The summed E-state index contributed by atoms with van der Waals surface area (Å²) in [5.74, 6) is -0.0856. The van der Waals surface area contributed by atoms with Crippen LogP contribution in [0.4, 0.5) is 4.79 Å². The summed E-state index contributed by atoms with van der Waals surface area (Å²) in [7, 11) is 0. The molecule has 1 heterocycles. The summed E-state index contributed by atoms with van der Waals surface area (Å²) in [6.45, 7) is 0. The van der Waals surface area contributed by atoms with Gasteiger partial charge in [-0.25, -0.2) is 9.78 Å². The zero-order valence-electron chi connectivity index (χ0n) is 5.19. The number of aromatic nitrogens is 2. The van der Waals surface area contributed by atoms with Crippen molar-refractivity contribution in [1.29, 1.82) is 0 Å². The second-order valence-corrected chi connectivity index (χ2v) is 1.87. The summed E-state index contributed by atoms with van der Waals surface area (Å²) in [5.41, 5.74) is 0. The lowest BCUT2D eigenvalue weighted by Crippen LogP contribution is -2.04. The average Bonchev–Trinajstić information content (AvgIpc) is 1.85. The molecule has 0 aromatic carbocycles. The van der Waals surface area contributed by atoms with E-state index in [1.807, 2.05) is 0 Å². The first-order valence-corrected chi connectivity index (χ1v) is 2.95. The maximum atomic E-state index is 9.95. The minimum absolute atomic E-state index is 0.0521. The van der Waals surface area contributed by atoms with E-state index in [0.717, 1.165) is 0 Å². The van der Waals surface area contributed by atoms with Crippen molar-refractivity contribution in [3.63, 3.8) is 0 Å². The monoisotopic (exact) mass is 174 g/mol. The first-order valence-electron chi connectivity index (χ1n) is 2.58. The van der Waals surface area contributed by atoms with Crippen LogP contribution in [0.25, 0.3) is 0 Å². The maximum Gasteiger partial charge on any atom is 0.512 e. The van der Waals surface area contributed by atoms with Crippen molar-refractivity contribution in [2.45, 2.75) is 0 Å². The standard InChI is InChI=1S/C5H3ClN2O3/c6-4-7-2-1-3(8-4)11-5(9)10/h1-2H,(H,9,10). The van der Waals surface area contributed by atoms with Crippen LogP contribution in [0.15, 0.2) is 12.3 Å². The van der Waals surface area contributed by atoms with Gasteiger partial charge in [-0.2, -0.15) is 4.98 Å². The molecule has 0 unspecified atom stereocenters. The van der Waals surface area contributed by atoms with Crippen LogP contribution < -0.4 is 4.74 Å². The van der Waals surface area contributed by atoms with Crippen molar-refractivity contribution >= 4 is 17.8 Å². The van der Waals surface area contributed by atoms with Gasteiger partial charge in [-0.1, -0.05) is 0 Å². The minimum atomic E-state index is -1.43. The van der Waals surface area contributed by atoms with Gasteiger partial charge in [-0.3, -0.25) is 0 Å². The highest BCUT2D eigenvalue weighted by molar-refractivity contribution is 6.28. The molecular weight excluding hydrogens is 172 g/mol. The second kappa shape index (κ2) is 3.16. The average molecular weight is 175 g/mol. The molecule has 1 rings (SSSR count). The second-order valence-electron chi connectivity index (χ2n) is 1.53. The lowest BCUT2D eigenvalue weighted by Gasteiger charge is -1.95. The van der Waals surface area contributed by atoms with Gasteiger partial charge in [0.05, 0.1) is 0 Å². The Kier molecular flexibility index (Phi) is 2.22. The summed E-state index contributed by atoms with van der Waals surface area (Å²) >= 11 is 5.33. The number of nitrogens with zero attached hydrogens (tertiary/aromatic N) is 2. The van der Waals surface area contributed by atoms with Crippen molar-refractivity contribution in [2.75, 3.05) is 0 Å². The Morgan fingerprint density at radius 3 is 3.00 bits per heavy atom. The Bertz CT molecular complexity index is 278. The molecule has 11 heavy (non-hydrogen) atoms. The molecule has 0 amide bonds. The molecule has 0 bridgehead atoms. The van der Waals surface area contributed by atoms with E-state index in [1.54, 1.807) is 0 Å². The third-order valence-electron chi connectivity index (χ3n) is 0.793. The van der Waals surface area contributed by atoms with Crippen molar-refractivity contribution < 1.29 is 14.6 Å². The van der Waals surface area contributed by atoms with E-state index in [-0.39, 0.29) is 11.2 Å². The first-order chi connectivity index (χ1) is 5.18. The fraction of sp³-hybridized carbons (Fsp3) is 0. The van der Waals surface area contributed by atoms with Crippen LogP contribution in [-0.2, 0) is 0 Å². The molecule has 1 N–H and O–H groups in total. The number of rotatable bonds is 1. The molecule has 1 aromatic rings. The SMILES string of the molecule is O=C(O)Oc1ccnc(Cl)n1. The number of carboxylic acid groups (broad SMARTS) is 1. The summed E-state index contributed by atoms with van der Waals surface area (Å²) in [4.78, 5) is 16.9. The Balaban J connectivity index is 2.79. The van der Waals surface area contributed by atoms with Gasteiger partial charge in [0, 0.05) is 12.3 Å². The number of carbonyl (C=O) groups is 1. The zero-order valence-corrected chi connectivity index (χ0v) is 5.95. The van der Waals surface area contributed by atoms with Gasteiger partial charge in [0.1, 0.15) is 0 Å². The number of hydrogen-bond acceptors (Lipinski definition) is 4. The fourth-order valence-electron chi connectivity index (χ4n) is 0.466. The van der Waals surface area contributed by atoms with E-state index < -0.39 is 6.16 Å². The highest BCUT2D eigenvalue weighted by atomic mass is 35.5. The van der Waals surface area contributed by atoms with Gasteiger partial charge in [0.25, 0.3) is 0 Å². The molecule has 0 atom stereocenters. The molecule has 0 fully saturated rings. The third kappa shape index (κ3) is 2.38.